The maximum absolute atomic E-state index is 11.3. The van der Waals surface area contributed by atoms with Crippen LogP contribution in [0, 0.1) is 30.3 Å². The van der Waals surface area contributed by atoms with E-state index in [0.29, 0.717) is 0 Å². The number of carbonyl (C=O) groups is 1. The van der Waals surface area contributed by atoms with Crippen LogP contribution >= 0.6 is 0 Å². The van der Waals surface area contributed by atoms with Crippen molar-refractivity contribution in [3.8, 4) is 0 Å². The molecule has 102 valence electrons. The minimum absolute atomic E-state index is 0.260. The minimum atomic E-state index is -3.84. The van der Waals surface area contributed by atoms with Crippen LogP contribution in [0.5, 0.6) is 0 Å². The van der Waals surface area contributed by atoms with Crippen molar-refractivity contribution < 1.29 is 24.3 Å². The van der Waals surface area contributed by atoms with Crippen LogP contribution in [-0.2, 0) is 4.74 Å². The summed E-state index contributed by atoms with van der Waals surface area (Å²) in [5, 5.41) is 37.0. The highest BCUT2D eigenvalue weighted by atomic mass is 16.7. The maximum Gasteiger partial charge on any atom is 0.734 e. The number of aromatic nitrogens is 2. The van der Waals surface area contributed by atoms with Gasteiger partial charge in [-0.2, -0.15) is 5.10 Å². The standard InChI is InChI=1S/C6H5N5O8/c12-5(4-1-2-7-8-4)19-3-6(9(13)14,10(15)16)11(17)18/h1-2H,3H2,(H,7,8). The summed E-state index contributed by atoms with van der Waals surface area (Å²) < 4.78 is 4.20. The summed E-state index contributed by atoms with van der Waals surface area (Å²) in [4.78, 5) is 37.6. The van der Waals surface area contributed by atoms with Gasteiger partial charge in [-0.05, 0) is 6.07 Å². The van der Waals surface area contributed by atoms with Crippen molar-refractivity contribution in [2.75, 3.05) is 6.61 Å². The predicted octanol–water partition coefficient (Wildman–Crippen LogP) is -0.950. The Bertz CT molecular complexity index is 488. The summed E-state index contributed by atoms with van der Waals surface area (Å²) in [7, 11) is 0. The second-order valence-corrected chi connectivity index (χ2v) is 3.09. The quantitative estimate of drug-likeness (QED) is 0.295. The zero-order valence-corrected chi connectivity index (χ0v) is 8.92. The fraction of sp³-hybridized carbons (Fsp3) is 0.333. The molecular weight excluding hydrogens is 270 g/mol. The Kier molecular flexibility index (Phi) is 3.69. The predicted molar refractivity (Wildman–Crippen MR) is 52.6 cm³/mol. The van der Waals surface area contributed by atoms with Gasteiger partial charge in [0.15, 0.2) is 14.8 Å². The van der Waals surface area contributed by atoms with Gasteiger partial charge in [0, 0.05) is 6.20 Å². The van der Waals surface area contributed by atoms with Crippen LogP contribution in [0.3, 0.4) is 0 Å². The maximum atomic E-state index is 11.3. The number of hydrogen-bond acceptors (Lipinski definition) is 9. The number of esters is 1. The molecule has 1 rings (SSSR count). The number of nitro groups is 3. The Morgan fingerprint density at radius 2 is 1.79 bits per heavy atom. The summed E-state index contributed by atoms with van der Waals surface area (Å²) >= 11 is 0. The van der Waals surface area contributed by atoms with Crippen LogP contribution in [0.2, 0.25) is 0 Å². The molecule has 0 saturated heterocycles. The molecule has 0 aliphatic heterocycles. The molecular formula is C6H5N5O8. The molecule has 19 heavy (non-hydrogen) atoms. The normalized spacial score (nSPS) is 10.7. The van der Waals surface area contributed by atoms with Crippen molar-refractivity contribution in [1.29, 1.82) is 0 Å². The van der Waals surface area contributed by atoms with Gasteiger partial charge < -0.3 is 4.74 Å². The molecule has 1 aromatic heterocycles. The Balaban J connectivity index is 2.91. The van der Waals surface area contributed by atoms with Crippen LogP contribution in [0.1, 0.15) is 10.5 Å². The van der Waals surface area contributed by atoms with E-state index < -0.39 is 33.1 Å². The van der Waals surface area contributed by atoms with E-state index in [0.717, 1.165) is 12.3 Å². The first kappa shape index (κ1) is 13.9. The van der Waals surface area contributed by atoms with E-state index >= 15 is 0 Å². The fourth-order valence-corrected chi connectivity index (χ4v) is 0.968. The van der Waals surface area contributed by atoms with Crippen LogP contribution in [0.15, 0.2) is 12.3 Å². The summed E-state index contributed by atoms with van der Waals surface area (Å²) in [6.45, 7) is -1.65. The first-order valence-corrected chi connectivity index (χ1v) is 4.42. The van der Waals surface area contributed by atoms with E-state index in [1.54, 1.807) is 0 Å². The van der Waals surface area contributed by atoms with Gasteiger partial charge in [-0.15, -0.1) is 0 Å². The van der Waals surface area contributed by atoms with Crippen molar-refractivity contribution >= 4 is 5.97 Å². The lowest BCUT2D eigenvalue weighted by Gasteiger charge is -2.08. The van der Waals surface area contributed by atoms with Gasteiger partial charge in [0.1, 0.15) is 5.69 Å². The zero-order chi connectivity index (χ0) is 14.6. The molecule has 0 unspecified atom stereocenters. The summed E-state index contributed by atoms with van der Waals surface area (Å²) in [5.41, 5.74) is -0.260. The van der Waals surface area contributed by atoms with E-state index in [4.69, 9.17) is 0 Å². The van der Waals surface area contributed by atoms with Gasteiger partial charge in [-0.1, -0.05) is 0 Å². The topological polar surface area (TPSA) is 184 Å². The zero-order valence-electron chi connectivity index (χ0n) is 8.92. The van der Waals surface area contributed by atoms with Crippen LogP contribution in [0.4, 0.5) is 0 Å². The SMILES string of the molecule is O=C(OCC([N+](=O)[O-])([N+](=O)[O-])[N+](=O)[O-])c1ccn[nH]1. The molecule has 13 heteroatoms. The number of hydrogen-bond donors (Lipinski definition) is 1. The molecule has 13 nitrogen and oxygen atoms in total. The van der Waals surface area contributed by atoms with Gasteiger partial charge in [-0.25, -0.2) is 4.79 Å². The molecule has 0 fully saturated rings. The van der Waals surface area contributed by atoms with E-state index in [-0.39, 0.29) is 5.69 Å². The minimum Gasteiger partial charge on any atom is -0.436 e. The molecule has 0 bridgehead atoms. The molecule has 1 N–H and O–H groups in total. The van der Waals surface area contributed by atoms with Crippen LogP contribution in [0.25, 0.3) is 0 Å². The Morgan fingerprint density at radius 1 is 1.26 bits per heavy atom. The number of ether oxygens (including phenoxy) is 1. The van der Waals surface area contributed by atoms with E-state index in [9.17, 15) is 35.1 Å². The van der Waals surface area contributed by atoms with Gasteiger partial charge in [0.25, 0.3) is 0 Å². The van der Waals surface area contributed by atoms with Gasteiger partial charge in [0.2, 0.25) is 0 Å². The van der Waals surface area contributed by atoms with E-state index in [2.05, 4.69) is 14.9 Å². The number of nitrogens with one attached hydrogen (secondary N) is 1. The fourth-order valence-electron chi connectivity index (χ4n) is 0.968. The molecule has 0 radical (unpaired) electrons. The number of nitrogens with zero attached hydrogens (tertiary/aromatic N) is 4. The third-order valence-electron chi connectivity index (χ3n) is 1.99. The Labute approximate surface area is 102 Å². The lowest BCUT2D eigenvalue weighted by molar-refractivity contribution is -0.970. The van der Waals surface area contributed by atoms with Crippen LogP contribution < -0.4 is 0 Å². The monoisotopic (exact) mass is 275 g/mol. The number of rotatable bonds is 6. The highest BCUT2D eigenvalue weighted by molar-refractivity contribution is 5.86. The lowest BCUT2D eigenvalue weighted by atomic mass is 10.4. The summed E-state index contributed by atoms with van der Waals surface area (Å²) in [6.07, 6.45) is 1.15. The van der Waals surface area contributed by atoms with Crippen molar-refractivity contribution in [1.82, 2.24) is 10.2 Å². The average molecular weight is 275 g/mol. The molecule has 0 aliphatic carbocycles. The molecule has 0 amide bonds. The molecule has 0 aromatic carbocycles. The summed E-state index contributed by atoms with van der Waals surface area (Å²) in [6, 6.07) is 1.12. The molecule has 1 heterocycles. The van der Waals surface area contributed by atoms with E-state index in [1.807, 2.05) is 0 Å². The number of aromatic amines is 1. The smallest absolute Gasteiger partial charge is 0.436 e. The van der Waals surface area contributed by atoms with Crippen LogP contribution in [-0.4, -0.2) is 43.3 Å². The average Bonchev–Trinajstić information content (AvgIpc) is 2.81. The molecule has 0 atom stereocenters. The molecule has 1 aromatic rings. The van der Waals surface area contributed by atoms with Gasteiger partial charge in [-0.3, -0.25) is 35.4 Å². The van der Waals surface area contributed by atoms with Gasteiger partial charge in [0.05, 0.1) is 0 Å². The van der Waals surface area contributed by atoms with E-state index in [1.165, 1.54) is 0 Å². The van der Waals surface area contributed by atoms with Crippen molar-refractivity contribution in [2.45, 2.75) is 5.79 Å². The van der Waals surface area contributed by atoms with Gasteiger partial charge >= 0.3 is 18.4 Å². The third-order valence-corrected chi connectivity index (χ3v) is 1.99. The Morgan fingerprint density at radius 3 is 2.16 bits per heavy atom. The van der Waals surface area contributed by atoms with Crippen molar-refractivity contribution in [3.63, 3.8) is 0 Å². The number of carbonyl (C=O) groups excluding carboxylic acids is 1. The molecule has 0 saturated carbocycles. The lowest BCUT2D eigenvalue weighted by Crippen LogP contribution is -2.57. The molecule has 0 spiro atoms. The van der Waals surface area contributed by atoms with Crippen molar-refractivity contribution in [3.05, 3.63) is 48.3 Å². The van der Waals surface area contributed by atoms with Crippen molar-refractivity contribution in [2.24, 2.45) is 0 Å². The second-order valence-electron chi connectivity index (χ2n) is 3.09. The highest BCUT2D eigenvalue weighted by Gasteiger charge is 2.72. The highest BCUT2D eigenvalue weighted by Crippen LogP contribution is 2.13. The Hall–Kier alpha value is -3.12. The number of H-pyrrole nitrogens is 1. The molecule has 0 aliphatic rings. The third kappa shape index (κ3) is 2.43. The summed E-state index contributed by atoms with van der Waals surface area (Å²) in [5.74, 6) is -5.08. The first-order chi connectivity index (χ1) is 8.82. The largest absolute Gasteiger partial charge is 0.734 e. The second kappa shape index (κ2) is 5.03. The first-order valence-electron chi connectivity index (χ1n) is 4.42.